The Morgan fingerprint density at radius 2 is 1.62 bits per heavy atom. The van der Waals surface area contributed by atoms with Crippen LogP contribution in [0.2, 0.25) is 0 Å². The van der Waals surface area contributed by atoms with Crippen LogP contribution in [0.15, 0.2) is 47.4 Å². The molecule has 0 atom stereocenters. The molecule has 0 saturated carbocycles. The summed E-state index contributed by atoms with van der Waals surface area (Å²) in [6.45, 7) is 2.83. The SMILES string of the molecule is COc1ccc(S(=O)(=O)N2CCN(CCOc3ccccc3F)CC2)cc1OC. The molecule has 1 heterocycles. The lowest BCUT2D eigenvalue weighted by molar-refractivity contribution is 0.157. The number of benzene rings is 2. The minimum atomic E-state index is -3.62. The van der Waals surface area contributed by atoms with E-state index in [-0.39, 0.29) is 10.6 Å². The van der Waals surface area contributed by atoms with Gasteiger partial charge >= 0.3 is 0 Å². The molecule has 0 aromatic heterocycles. The monoisotopic (exact) mass is 424 g/mol. The first-order valence-electron chi connectivity index (χ1n) is 9.27. The van der Waals surface area contributed by atoms with Gasteiger partial charge in [0.15, 0.2) is 23.1 Å². The fourth-order valence-electron chi connectivity index (χ4n) is 3.17. The van der Waals surface area contributed by atoms with Gasteiger partial charge in [0.05, 0.1) is 19.1 Å². The summed E-state index contributed by atoms with van der Waals surface area (Å²) in [5, 5.41) is 0. The van der Waals surface area contributed by atoms with Crippen LogP contribution in [0.3, 0.4) is 0 Å². The second-order valence-electron chi connectivity index (χ2n) is 6.54. The highest BCUT2D eigenvalue weighted by molar-refractivity contribution is 7.89. The molecule has 0 aliphatic carbocycles. The van der Waals surface area contributed by atoms with Crippen LogP contribution >= 0.6 is 0 Å². The van der Waals surface area contributed by atoms with Crippen molar-refractivity contribution in [3.8, 4) is 17.2 Å². The van der Waals surface area contributed by atoms with E-state index in [0.717, 1.165) is 0 Å². The van der Waals surface area contributed by atoms with E-state index < -0.39 is 15.8 Å². The van der Waals surface area contributed by atoms with Gasteiger partial charge in [-0.1, -0.05) is 12.1 Å². The second-order valence-corrected chi connectivity index (χ2v) is 8.48. The topological polar surface area (TPSA) is 68.3 Å². The standard InChI is InChI=1S/C20H25FN2O5S/c1-26-19-8-7-16(15-20(19)27-2)29(24,25)23-11-9-22(10-12-23)13-14-28-18-6-4-3-5-17(18)21/h3-8,15H,9-14H2,1-2H3. The van der Waals surface area contributed by atoms with Crippen molar-refractivity contribution in [2.24, 2.45) is 0 Å². The average molecular weight is 424 g/mol. The number of hydrogen-bond donors (Lipinski definition) is 0. The number of halogens is 1. The summed E-state index contributed by atoms with van der Waals surface area (Å²) >= 11 is 0. The minimum absolute atomic E-state index is 0.173. The molecule has 0 radical (unpaired) electrons. The molecule has 0 N–H and O–H groups in total. The highest BCUT2D eigenvalue weighted by atomic mass is 32.2. The van der Waals surface area contributed by atoms with Crippen molar-refractivity contribution >= 4 is 10.0 Å². The van der Waals surface area contributed by atoms with Gasteiger partial charge in [-0.3, -0.25) is 4.90 Å². The van der Waals surface area contributed by atoms with Crippen molar-refractivity contribution in [3.05, 3.63) is 48.3 Å². The van der Waals surface area contributed by atoms with Gasteiger partial charge in [-0.05, 0) is 24.3 Å². The van der Waals surface area contributed by atoms with E-state index in [2.05, 4.69) is 4.90 Å². The molecule has 158 valence electrons. The molecule has 0 spiro atoms. The van der Waals surface area contributed by atoms with Gasteiger partial charge in [-0.2, -0.15) is 4.31 Å². The van der Waals surface area contributed by atoms with Crippen molar-refractivity contribution < 1.29 is 27.0 Å². The smallest absolute Gasteiger partial charge is 0.243 e. The number of nitrogens with zero attached hydrogens (tertiary/aromatic N) is 2. The van der Waals surface area contributed by atoms with Crippen LogP contribution in [0, 0.1) is 5.82 Å². The van der Waals surface area contributed by atoms with Crippen molar-refractivity contribution in [1.29, 1.82) is 0 Å². The number of piperazine rings is 1. The maximum absolute atomic E-state index is 13.6. The molecule has 2 aromatic rings. The lowest BCUT2D eigenvalue weighted by Gasteiger charge is -2.33. The van der Waals surface area contributed by atoms with E-state index in [4.69, 9.17) is 14.2 Å². The maximum Gasteiger partial charge on any atom is 0.243 e. The Bertz CT molecular complexity index is 930. The molecule has 3 rings (SSSR count). The summed E-state index contributed by atoms with van der Waals surface area (Å²) in [6.07, 6.45) is 0. The van der Waals surface area contributed by atoms with Crippen molar-refractivity contribution in [2.75, 3.05) is 53.6 Å². The van der Waals surface area contributed by atoms with Gasteiger partial charge in [-0.25, -0.2) is 12.8 Å². The highest BCUT2D eigenvalue weighted by Gasteiger charge is 2.29. The van der Waals surface area contributed by atoms with Crippen LogP contribution in [-0.2, 0) is 10.0 Å². The zero-order chi connectivity index (χ0) is 20.9. The zero-order valence-electron chi connectivity index (χ0n) is 16.5. The van der Waals surface area contributed by atoms with Crippen LogP contribution in [0.5, 0.6) is 17.2 Å². The average Bonchev–Trinajstić information content (AvgIpc) is 2.75. The third kappa shape index (κ3) is 4.98. The van der Waals surface area contributed by atoms with E-state index >= 15 is 0 Å². The predicted octanol–water partition coefficient (Wildman–Crippen LogP) is 2.23. The Labute approximate surface area is 170 Å². The Balaban J connectivity index is 1.55. The van der Waals surface area contributed by atoms with Gasteiger partial charge in [0.1, 0.15) is 6.61 Å². The number of para-hydroxylation sites is 1. The fraction of sp³-hybridized carbons (Fsp3) is 0.400. The summed E-state index contributed by atoms with van der Waals surface area (Å²) in [6, 6.07) is 10.8. The number of sulfonamides is 1. The summed E-state index contributed by atoms with van der Waals surface area (Å²) in [7, 11) is -0.652. The minimum Gasteiger partial charge on any atom is -0.493 e. The summed E-state index contributed by atoms with van der Waals surface area (Å²) in [5.41, 5.74) is 0. The number of methoxy groups -OCH3 is 2. The quantitative estimate of drug-likeness (QED) is 0.647. The Hall–Kier alpha value is -2.36. The van der Waals surface area contributed by atoms with Crippen LogP contribution in [0.1, 0.15) is 0 Å². The molecule has 1 saturated heterocycles. The van der Waals surface area contributed by atoms with Crippen molar-refractivity contribution in [1.82, 2.24) is 9.21 Å². The molecule has 2 aromatic carbocycles. The molecule has 0 amide bonds. The van der Waals surface area contributed by atoms with Crippen LogP contribution < -0.4 is 14.2 Å². The lowest BCUT2D eigenvalue weighted by Crippen LogP contribution is -2.49. The Morgan fingerprint density at radius 1 is 0.931 bits per heavy atom. The molecular formula is C20H25FN2O5S. The third-order valence-corrected chi connectivity index (χ3v) is 6.72. The van der Waals surface area contributed by atoms with Gasteiger partial charge < -0.3 is 14.2 Å². The molecule has 0 bridgehead atoms. The number of rotatable bonds is 8. The van der Waals surface area contributed by atoms with E-state index in [9.17, 15) is 12.8 Å². The van der Waals surface area contributed by atoms with Crippen molar-refractivity contribution in [3.63, 3.8) is 0 Å². The van der Waals surface area contributed by atoms with Gasteiger partial charge in [0, 0.05) is 38.8 Å². The third-order valence-electron chi connectivity index (χ3n) is 4.83. The summed E-state index contributed by atoms with van der Waals surface area (Å²) in [4.78, 5) is 2.27. The normalized spacial score (nSPS) is 15.8. The van der Waals surface area contributed by atoms with Gasteiger partial charge in [-0.15, -0.1) is 0 Å². The maximum atomic E-state index is 13.6. The van der Waals surface area contributed by atoms with E-state index in [1.54, 1.807) is 24.3 Å². The predicted molar refractivity (Wildman–Crippen MR) is 107 cm³/mol. The molecular weight excluding hydrogens is 399 g/mol. The molecule has 1 aliphatic rings. The van der Waals surface area contributed by atoms with E-state index in [1.807, 2.05) is 0 Å². The molecule has 9 heteroatoms. The molecule has 7 nitrogen and oxygen atoms in total. The Kier molecular flexibility index (Phi) is 6.94. The molecule has 29 heavy (non-hydrogen) atoms. The lowest BCUT2D eigenvalue weighted by atomic mass is 10.3. The highest BCUT2D eigenvalue weighted by Crippen LogP contribution is 2.30. The largest absolute Gasteiger partial charge is 0.493 e. The number of ether oxygens (including phenoxy) is 3. The van der Waals surface area contributed by atoms with E-state index in [0.29, 0.717) is 50.8 Å². The summed E-state index contributed by atoms with van der Waals surface area (Å²) < 4.78 is 56.8. The Morgan fingerprint density at radius 3 is 2.28 bits per heavy atom. The van der Waals surface area contributed by atoms with Gasteiger partial charge in [0.2, 0.25) is 10.0 Å². The fourth-order valence-corrected chi connectivity index (χ4v) is 4.60. The summed E-state index contributed by atoms with van der Waals surface area (Å²) in [5.74, 6) is 0.684. The first-order chi connectivity index (χ1) is 14.0. The van der Waals surface area contributed by atoms with Crippen LogP contribution in [0.4, 0.5) is 4.39 Å². The molecule has 0 unspecified atom stereocenters. The molecule has 1 aliphatic heterocycles. The first kappa shape index (κ1) is 21.4. The van der Waals surface area contributed by atoms with Crippen LogP contribution in [-0.4, -0.2) is 71.2 Å². The number of hydrogen-bond acceptors (Lipinski definition) is 6. The van der Waals surface area contributed by atoms with E-state index in [1.165, 1.54) is 36.7 Å². The zero-order valence-corrected chi connectivity index (χ0v) is 17.3. The second kappa shape index (κ2) is 9.43. The first-order valence-corrected chi connectivity index (χ1v) is 10.7. The van der Waals surface area contributed by atoms with Crippen LogP contribution in [0.25, 0.3) is 0 Å². The van der Waals surface area contributed by atoms with Crippen molar-refractivity contribution in [2.45, 2.75) is 4.90 Å². The van der Waals surface area contributed by atoms with Gasteiger partial charge in [0.25, 0.3) is 0 Å². The molecule has 1 fully saturated rings.